The fourth-order valence-electron chi connectivity index (χ4n) is 3.25. The summed E-state index contributed by atoms with van der Waals surface area (Å²) in [7, 11) is -3.61. The highest BCUT2D eigenvalue weighted by Crippen LogP contribution is 2.38. The lowest BCUT2D eigenvalue weighted by molar-refractivity contribution is -0.123. The van der Waals surface area contributed by atoms with Gasteiger partial charge in [0.1, 0.15) is 0 Å². The Morgan fingerprint density at radius 2 is 1.64 bits per heavy atom. The van der Waals surface area contributed by atoms with E-state index in [1.807, 2.05) is 6.92 Å². The molecule has 25 heavy (non-hydrogen) atoms. The first-order valence-corrected chi connectivity index (χ1v) is 10.9. The van der Waals surface area contributed by atoms with Crippen LogP contribution in [0.3, 0.4) is 0 Å². The molecule has 1 aromatic rings. The van der Waals surface area contributed by atoms with Crippen molar-refractivity contribution >= 4 is 10.1 Å². The molecule has 0 unspecified atom stereocenters. The molecule has 1 aliphatic rings. The van der Waals surface area contributed by atoms with Gasteiger partial charge in [-0.2, -0.15) is 8.42 Å². The van der Waals surface area contributed by atoms with Crippen LogP contribution in [0.25, 0.3) is 0 Å². The molecule has 0 N–H and O–H groups in total. The van der Waals surface area contributed by atoms with Gasteiger partial charge in [-0.15, -0.1) is 0 Å². The monoisotopic (exact) mass is 368 g/mol. The van der Waals surface area contributed by atoms with Gasteiger partial charge >= 0.3 is 0 Å². The van der Waals surface area contributed by atoms with Crippen molar-refractivity contribution in [1.82, 2.24) is 0 Å². The number of ether oxygens (including phenoxy) is 1. The van der Waals surface area contributed by atoms with E-state index in [1.54, 1.807) is 24.3 Å². The van der Waals surface area contributed by atoms with Crippen molar-refractivity contribution in [2.24, 2.45) is 5.41 Å². The maximum Gasteiger partial charge on any atom is 0.296 e. The van der Waals surface area contributed by atoms with E-state index in [4.69, 9.17) is 8.92 Å². The molecule has 0 aliphatic carbocycles. The van der Waals surface area contributed by atoms with E-state index < -0.39 is 10.1 Å². The fourth-order valence-corrected chi connectivity index (χ4v) is 4.20. The maximum atomic E-state index is 12.1. The summed E-state index contributed by atoms with van der Waals surface area (Å²) in [6.07, 6.45) is 9.15. The lowest BCUT2D eigenvalue weighted by Crippen LogP contribution is -2.42. The molecular formula is C20H32O4S. The molecular weight excluding hydrogens is 336 g/mol. The van der Waals surface area contributed by atoms with Gasteiger partial charge in [0.05, 0.1) is 24.7 Å². The molecule has 0 bridgehead atoms. The molecule has 2 rings (SSSR count). The number of aryl methyl sites for hydroxylation is 1. The predicted octanol–water partition coefficient (Wildman–Crippen LogP) is 4.86. The molecule has 5 heteroatoms. The molecule has 0 atom stereocenters. The average molecular weight is 369 g/mol. The van der Waals surface area contributed by atoms with Crippen LogP contribution in [0.5, 0.6) is 0 Å². The molecule has 4 nitrogen and oxygen atoms in total. The number of benzene rings is 1. The van der Waals surface area contributed by atoms with Crippen LogP contribution in [-0.4, -0.2) is 28.2 Å². The largest absolute Gasteiger partial charge is 0.380 e. The highest BCUT2D eigenvalue weighted by Gasteiger charge is 2.36. The third-order valence-electron chi connectivity index (χ3n) is 5.03. The summed E-state index contributed by atoms with van der Waals surface area (Å²) in [4.78, 5) is 0.237. The Morgan fingerprint density at radius 1 is 1.00 bits per heavy atom. The minimum atomic E-state index is -3.61. The molecule has 142 valence electrons. The molecule has 1 aliphatic heterocycles. The molecule has 1 heterocycles. The minimum absolute atomic E-state index is 0.237. The van der Waals surface area contributed by atoms with Gasteiger partial charge in [-0.25, -0.2) is 0 Å². The molecule has 0 aromatic heterocycles. The van der Waals surface area contributed by atoms with Crippen molar-refractivity contribution < 1.29 is 17.3 Å². The number of unbranched alkanes of at least 4 members (excludes halogenated alkanes) is 4. The predicted molar refractivity (Wildman–Crippen MR) is 100 cm³/mol. The topological polar surface area (TPSA) is 52.6 Å². The van der Waals surface area contributed by atoms with Gasteiger partial charge in [-0.3, -0.25) is 4.18 Å². The van der Waals surface area contributed by atoms with Gasteiger partial charge < -0.3 is 4.74 Å². The first kappa shape index (κ1) is 20.4. The summed E-state index contributed by atoms with van der Waals surface area (Å²) >= 11 is 0. The second kappa shape index (κ2) is 9.70. The Bertz CT molecular complexity index is 603. The molecule has 1 aromatic carbocycles. The second-order valence-corrected chi connectivity index (χ2v) is 8.97. The lowest BCUT2D eigenvalue weighted by Gasteiger charge is -2.42. The Hall–Kier alpha value is -0.910. The van der Waals surface area contributed by atoms with E-state index in [0.717, 1.165) is 38.0 Å². The van der Waals surface area contributed by atoms with Crippen LogP contribution < -0.4 is 0 Å². The van der Waals surface area contributed by atoms with E-state index in [-0.39, 0.29) is 11.5 Å². The zero-order chi connectivity index (χ0) is 18.2. The molecule has 0 amide bonds. The van der Waals surface area contributed by atoms with Crippen molar-refractivity contribution in [2.45, 2.75) is 70.1 Å². The lowest BCUT2D eigenvalue weighted by atomic mass is 9.76. The van der Waals surface area contributed by atoms with Gasteiger partial charge in [0, 0.05) is 5.41 Å². The standard InChI is InChI=1S/C20H32O4S/c1-3-4-13-20(16-23-17-20)14-7-5-6-8-15-24-25(21,22)19-11-9-18(2)10-12-19/h9-12H,3-8,13-17H2,1-2H3. The van der Waals surface area contributed by atoms with Crippen LogP contribution in [0.1, 0.15) is 63.9 Å². The van der Waals surface area contributed by atoms with Crippen LogP contribution in [0.15, 0.2) is 29.2 Å². The van der Waals surface area contributed by atoms with Crippen LogP contribution >= 0.6 is 0 Å². The Balaban J connectivity index is 1.59. The normalized spacial score (nSPS) is 16.6. The summed E-state index contributed by atoms with van der Waals surface area (Å²) in [6, 6.07) is 6.77. The zero-order valence-corrected chi connectivity index (χ0v) is 16.4. The van der Waals surface area contributed by atoms with Crippen molar-refractivity contribution in [1.29, 1.82) is 0 Å². The van der Waals surface area contributed by atoms with E-state index >= 15 is 0 Å². The van der Waals surface area contributed by atoms with Crippen LogP contribution in [-0.2, 0) is 19.0 Å². The van der Waals surface area contributed by atoms with Crippen LogP contribution in [0.4, 0.5) is 0 Å². The van der Waals surface area contributed by atoms with Crippen molar-refractivity contribution in [3.05, 3.63) is 29.8 Å². The van der Waals surface area contributed by atoms with E-state index in [1.165, 1.54) is 32.1 Å². The molecule has 1 fully saturated rings. The Morgan fingerprint density at radius 3 is 2.24 bits per heavy atom. The summed E-state index contributed by atoms with van der Waals surface area (Å²) in [5.41, 5.74) is 1.47. The third-order valence-corrected chi connectivity index (χ3v) is 6.35. The summed E-state index contributed by atoms with van der Waals surface area (Å²) < 4.78 is 34.7. The van der Waals surface area contributed by atoms with Crippen LogP contribution in [0, 0.1) is 12.3 Å². The van der Waals surface area contributed by atoms with Gasteiger partial charge in [0.15, 0.2) is 0 Å². The first-order chi connectivity index (χ1) is 12.0. The Labute approximate surface area is 153 Å². The van der Waals surface area contributed by atoms with Crippen molar-refractivity contribution in [2.75, 3.05) is 19.8 Å². The zero-order valence-electron chi connectivity index (χ0n) is 15.6. The quantitative estimate of drug-likeness (QED) is 0.391. The van der Waals surface area contributed by atoms with Gasteiger partial charge in [0.2, 0.25) is 0 Å². The minimum Gasteiger partial charge on any atom is -0.380 e. The van der Waals surface area contributed by atoms with E-state index in [0.29, 0.717) is 5.41 Å². The molecule has 0 radical (unpaired) electrons. The summed E-state index contributed by atoms with van der Waals surface area (Å²) in [5, 5.41) is 0. The highest BCUT2D eigenvalue weighted by molar-refractivity contribution is 7.86. The van der Waals surface area contributed by atoms with E-state index in [2.05, 4.69) is 6.92 Å². The average Bonchev–Trinajstić information content (AvgIpc) is 2.55. The molecule has 1 saturated heterocycles. The summed E-state index contributed by atoms with van der Waals surface area (Å²) in [6.45, 7) is 6.27. The second-order valence-electron chi connectivity index (χ2n) is 7.35. The Kier molecular flexibility index (Phi) is 7.91. The van der Waals surface area contributed by atoms with Gasteiger partial charge in [0.25, 0.3) is 10.1 Å². The fraction of sp³-hybridized carbons (Fsp3) is 0.700. The van der Waals surface area contributed by atoms with Crippen molar-refractivity contribution in [3.63, 3.8) is 0 Å². The molecule has 0 spiro atoms. The molecule has 0 saturated carbocycles. The summed E-state index contributed by atoms with van der Waals surface area (Å²) in [5.74, 6) is 0. The third kappa shape index (κ3) is 6.39. The van der Waals surface area contributed by atoms with Crippen molar-refractivity contribution in [3.8, 4) is 0 Å². The highest BCUT2D eigenvalue weighted by atomic mass is 32.2. The van der Waals surface area contributed by atoms with Gasteiger partial charge in [-0.1, -0.05) is 56.7 Å². The first-order valence-electron chi connectivity index (χ1n) is 9.51. The van der Waals surface area contributed by atoms with E-state index in [9.17, 15) is 8.42 Å². The SMILES string of the molecule is CCCCC1(CCCCCCOS(=O)(=O)c2ccc(C)cc2)COC1. The maximum absolute atomic E-state index is 12.1. The number of hydrogen-bond acceptors (Lipinski definition) is 4. The number of rotatable bonds is 12. The number of hydrogen-bond donors (Lipinski definition) is 0. The van der Waals surface area contributed by atoms with Gasteiger partial charge in [-0.05, 0) is 38.3 Å². The van der Waals surface area contributed by atoms with Crippen LogP contribution in [0.2, 0.25) is 0 Å². The smallest absolute Gasteiger partial charge is 0.296 e.